The van der Waals surface area contributed by atoms with Gasteiger partial charge in [0, 0.05) is 31.4 Å². The van der Waals surface area contributed by atoms with Gasteiger partial charge in [-0.05, 0) is 18.8 Å². The first-order valence-corrected chi connectivity index (χ1v) is 6.18. The van der Waals surface area contributed by atoms with E-state index in [9.17, 15) is 4.79 Å². The largest absolute Gasteiger partial charge is 0.348 e. The molecule has 1 aromatic rings. The van der Waals surface area contributed by atoms with Crippen molar-refractivity contribution in [2.45, 2.75) is 32.2 Å². The molecule has 0 aliphatic carbocycles. The predicted molar refractivity (Wildman–Crippen MR) is 65.2 cm³/mol. The van der Waals surface area contributed by atoms with Crippen LogP contribution in [0.15, 0.2) is 12.5 Å². The maximum atomic E-state index is 12.1. The van der Waals surface area contributed by atoms with Crippen molar-refractivity contribution in [1.82, 2.24) is 14.9 Å². The number of nitrogens with two attached hydrogens (primary N) is 1. The number of likely N-dealkylation sites (tertiary alicyclic amines) is 1. The lowest BCUT2D eigenvalue weighted by atomic mass is 9.98. The molecule has 2 rings (SSSR count). The maximum Gasteiger partial charge on any atom is 0.239 e. The second-order valence-electron chi connectivity index (χ2n) is 4.90. The Kier molecular flexibility index (Phi) is 3.78. The van der Waals surface area contributed by atoms with Crippen molar-refractivity contribution >= 4 is 5.91 Å². The predicted octanol–water partition coefficient (Wildman–Crippen LogP) is 0.538. The van der Waals surface area contributed by atoms with Gasteiger partial charge in [0.05, 0.1) is 12.4 Å². The molecule has 0 bridgehead atoms. The van der Waals surface area contributed by atoms with Gasteiger partial charge in [0.15, 0.2) is 0 Å². The summed E-state index contributed by atoms with van der Waals surface area (Å²) in [6.07, 6.45) is 6.02. The Balaban J connectivity index is 1.86. The second-order valence-corrected chi connectivity index (χ2v) is 4.90. The van der Waals surface area contributed by atoms with E-state index in [1.807, 2.05) is 4.90 Å². The lowest BCUT2D eigenvalue weighted by Crippen LogP contribution is -2.47. The van der Waals surface area contributed by atoms with Gasteiger partial charge in [-0.3, -0.25) is 4.79 Å². The van der Waals surface area contributed by atoms with Crippen LogP contribution >= 0.6 is 0 Å². The zero-order valence-electron chi connectivity index (χ0n) is 10.2. The van der Waals surface area contributed by atoms with E-state index in [4.69, 9.17) is 5.73 Å². The molecule has 0 saturated carbocycles. The Morgan fingerprint density at radius 2 is 2.35 bits per heavy atom. The maximum absolute atomic E-state index is 12.1. The summed E-state index contributed by atoms with van der Waals surface area (Å²) in [5.41, 5.74) is 6.85. The summed E-state index contributed by atoms with van der Waals surface area (Å²) in [7, 11) is 0. The monoisotopic (exact) mass is 236 g/mol. The summed E-state index contributed by atoms with van der Waals surface area (Å²) in [4.78, 5) is 20.9. The number of carbonyl (C=O) groups excluding carboxylic acids is 1. The number of nitrogens with one attached hydrogen (secondary N) is 1. The zero-order chi connectivity index (χ0) is 12.3. The van der Waals surface area contributed by atoms with Gasteiger partial charge in [0.1, 0.15) is 0 Å². The quantitative estimate of drug-likeness (QED) is 0.804. The molecule has 17 heavy (non-hydrogen) atoms. The summed E-state index contributed by atoms with van der Waals surface area (Å²) < 4.78 is 0. The summed E-state index contributed by atoms with van der Waals surface area (Å²) in [5, 5.41) is 0. The summed E-state index contributed by atoms with van der Waals surface area (Å²) in [5.74, 6) is 0.786. The molecule has 1 aliphatic heterocycles. The molecule has 5 heteroatoms. The zero-order valence-corrected chi connectivity index (χ0v) is 10.2. The molecule has 1 fully saturated rings. The van der Waals surface area contributed by atoms with Gasteiger partial charge in [0.2, 0.25) is 5.91 Å². The number of H-pyrrole nitrogens is 1. The highest BCUT2D eigenvalue weighted by molar-refractivity contribution is 5.82. The van der Waals surface area contributed by atoms with Crippen LogP contribution in [0.2, 0.25) is 0 Å². The highest BCUT2D eigenvalue weighted by atomic mass is 16.2. The number of piperidine rings is 1. The van der Waals surface area contributed by atoms with Crippen molar-refractivity contribution in [3.8, 4) is 0 Å². The molecule has 94 valence electrons. The molecular formula is C12H20N4O. The van der Waals surface area contributed by atoms with Crippen LogP contribution in [0.3, 0.4) is 0 Å². The van der Waals surface area contributed by atoms with Gasteiger partial charge < -0.3 is 15.6 Å². The molecular weight excluding hydrogens is 216 g/mol. The standard InChI is InChI=1S/C12H20N4O/c1-9-2-4-16(5-3-9)12(17)11(13)6-10-7-14-8-15-10/h7-9,11H,2-6,13H2,1H3,(H,14,15)/t11-/m0/s1. The van der Waals surface area contributed by atoms with Crippen LogP contribution in [0.5, 0.6) is 0 Å². The van der Waals surface area contributed by atoms with Crippen molar-refractivity contribution in [3.05, 3.63) is 18.2 Å². The van der Waals surface area contributed by atoms with Gasteiger partial charge in [-0.1, -0.05) is 6.92 Å². The van der Waals surface area contributed by atoms with Crippen LogP contribution in [0.1, 0.15) is 25.5 Å². The third kappa shape index (κ3) is 3.06. The van der Waals surface area contributed by atoms with Crippen LogP contribution in [0, 0.1) is 5.92 Å². The van der Waals surface area contributed by atoms with Crippen molar-refractivity contribution in [2.75, 3.05) is 13.1 Å². The Morgan fingerprint density at radius 1 is 1.65 bits per heavy atom. The topological polar surface area (TPSA) is 75.0 Å². The fraction of sp³-hybridized carbons (Fsp3) is 0.667. The first kappa shape index (κ1) is 12.1. The number of hydrogen-bond donors (Lipinski definition) is 2. The van der Waals surface area contributed by atoms with Crippen molar-refractivity contribution in [3.63, 3.8) is 0 Å². The van der Waals surface area contributed by atoms with E-state index in [1.165, 1.54) is 0 Å². The van der Waals surface area contributed by atoms with Gasteiger partial charge in [0.25, 0.3) is 0 Å². The Morgan fingerprint density at radius 3 is 2.94 bits per heavy atom. The summed E-state index contributed by atoms with van der Waals surface area (Å²) in [6, 6.07) is -0.455. The van der Waals surface area contributed by atoms with Crippen LogP contribution in [-0.2, 0) is 11.2 Å². The van der Waals surface area contributed by atoms with Gasteiger partial charge >= 0.3 is 0 Å². The molecule has 0 radical (unpaired) electrons. The molecule has 0 aromatic carbocycles. The molecule has 1 saturated heterocycles. The molecule has 1 aromatic heterocycles. The number of carbonyl (C=O) groups is 1. The van der Waals surface area contributed by atoms with E-state index in [2.05, 4.69) is 16.9 Å². The van der Waals surface area contributed by atoms with E-state index in [0.29, 0.717) is 6.42 Å². The van der Waals surface area contributed by atoms with Crippen molar-refractivity contribution in [1.29, 1.82) is 0 Å². The number of aromatic nitrogens is 2. The van der Waals surface area contributed by atoms with Gasteiger partial charge in [-0.15, -0.1) is 0 Å². The fourth-order valence-corrected chi connectivity index (χ4v) is 2.18. The lowest BCUT2D eigenvalue weighted by molar-refractivity contribution is -0.133. The Labute approximate surface area is 101 Å². The lowest BCUT2D eigenvalue weighted by Gasteiger charge is -2.32. The van der Waals surface area contributed by atoms with Crippen LogP contribution in [0.25, 0.3) is 0 Å². The number of rotatable bonds is 3. The van der Waals surface area contributed by atoms with E-state index in [-0.39, 0.29) is 5.91 Å². The minimum absolute atomic E-state index is 0.0616. The molecule has 0 unspecified atom stereocenters. The van der Waals surface area contributed by atoms with Gasteiger partial charge in [-0.25, -0.2) is 4.98 Å². The molecule has 1 amide bonds. The first-order chi connectivity index (χ1) is 8.16. The van der Waals surface area contributed by atoms with E-state index in [0.717, 1.165) is 37.5 Å². The van der Waals surface area contributed by atoms with Crippen LogP contribution in [0.4, 0.5) is 0 Å². The second kappa shape index (κ2) is 5.31. The molecule has 0 spiro atoms. The number of nitrogens with zero attached hydrogens (tertiary/aromatic N) is 2. The molecule has 5 nitrogen and oxygen atoms in total. The Bertz CT molecular complexity index is 355. The van der Waals surface area contributed by atoms with E-state index < -0.39 is 6.04 Å². The minimum Gasteiger partial charge on any atom is -0.348 e. The smallest absolute Gasteiger partial charge is 0.239 e. The summed E-state index contributed by atoms with van der Waals surface area (Å²) in [6.45, 7) is 3.92. The highest BCUT2D eigenvalue weighted by Gasteiger charge is 2.24. The molecule has 2 heterocycles. The third-order valence-electron chi connectivity index (χ3n) is 3.41. The number of hydrogen-bond acceptors (Lipinski definition) is 3. The van der Waals surface area contributed by atoms with Crippen molar-refractivity contribution in [2.24, 2.45) is 11.7 Å². The average molecular weight is 236 g/mol. The molecule has 1 atom stereocenters. The van der Waals surface area contributed by atoms with Crippen LogP contribution in [-0.4, -0.2) is 39.9 Å². The van der Waals surface area contributed by atoms with Crippen molar-refractivity contribution < 1.29 is 4.79 Å². The number of aromatic amines is 1. The van der Waals surface area contributed by atoms with E-state index >= 15 is 0 Å². The third-order valence-corrected chi connectivity index (χ3v) is 3.41. The first-order valence-electron chi connectivity index (χ1n) is 6.18. The molecule has 1 aliphatic rings. The average Bonchev–Trinajstić information content (AvgIpc) is 2.82. The van der Waals surface area contributed by atoms with Crippen LogP contribution < -0.4 is 5.73 Å². The SMILES string of the molecule is CC1CCN(C(=O)[C@@H](N)Cc2cnc[nH]2)CC1. The number of imidazole rings is 1. The van der Waals surface area contributed by atoms with Gasteiger partial charge in [-0.2, -0.15) is 0 Å². The summed E-state index contributed by atoms with van der Waals surface area (Å²) >= 11 is 0. The minimum atomic E-state index is -0.455. The molecule has 3 N–H and O–H groups in total. The fourth-order valence-electron chi connectivity index (χ4n) is 2.18. The normalized spacial score (nSPS) is 19.3. The number of amides is 1. The highest BCUT2D eigenvalue weighted by Crippen LogP contribution is 2.16. The Hall–Kier alpha value is -1.36. The van der Waals surface area contributed by atoms with E-state index in [1.54, 1.807) is 12.5 Å².